The first-order chi connectivity index (χ1) is 8.13. The molecule has 1 saturated heterocycles. The van der Waals surface area contributed by atoms with Crippen LogP contribution in [0.5, 0.6) is 0 Å². The molecule has 1 rings (SSSR count). The lowest BCUT2D eigenvalue weighted by atomic mass is 9.98. The Balaban J connectivity index is 2.39. The quantitative estimate of drug-likeness (QED) is 0.698. The third kappa shape index (κ3) is 6.04. The maximum Gasteiger partial charge on any atom is 0.255 e. The van der Waals surface area contributed by atoms with Crippen LogP contribution in [0.1, 0.15) is 19.3 Å². The molecule has 0 unspecified atom stereocenters. The van der Waals surface area contributed by atoms with Crippen molar-refractivity contribution in [3.63, 3.8) is 0 Å². The van der Waals surface area contributed by atoms with Crippen LogP contribution in [0.15, 0.2) is 0 Å². The van der Waals surface area contributed by atoms with Crippen molar-refractivity contribution < 1.29 is 13.6 Å². The summed E-state index contributed by atoms with van der Waals surface area (Å²) in [5.74, 6) is 2.44. The standard InChI is InChI=1S/C11H18BrF2NOS/c12-3-4-15(8-10(13)14)11(16)7-9-1-5-17-6-2-9/h9-10H,1-8H2. The fraction of sp³-hybridized carbons (Fsp3) is 0.909. The summed E-state index contributed by atoms with van der Waals surface area (Å²) < 4.78 is 24.7. The van der Waals surface area contributed by atoms with E-state index in [-0.39, 0.29) is 5.91 Å². The molecule has 0 aromatic carbocycles. The van der Waals surface area contributed by atoms with Gasteiger partial charge in [-0.1, -0.05) is 15.9 Å². The highest BCUT2D eigenvalue weighted by atomic mass is 79.9. The lowest BCUT2D eigenvalue weighted by Gasteiger charge is -2.26. The molecule has 1 fully saturated rings. The Morgan fingerprint density at radius 2 is 2.06 bits per heavy atom. The summed E-state index contributed by atoms with van der Waals surface area (Å²) in [6.07, 6.45) is 0.0562. The van der Waals surface area contributed by atoms with Gasteiger partial charge in [0.2, 0.25) is 5.91 Å². The molecule has 0 bridgehead atoms. The molecule has 17 heavy (non-hydrogen) atoms. The summed E-state index contributed by atoms with van der Waals surface area (Å²) in [5, 5.41) is 0.548. The van der Waals surface area contributed by atoms with Crippen LogP contribution in [0.25, 0.3) is 0 Å². The lowest BCUT2D eigenvalue weighted by molar-refractivity contribution is -0.133. The van der Waals surface area contributed by atoms with E-state index < -0.39 is 13.0 Å². The Kier molecular flexibility index (Phi) is 7.43. The Hall–Kier alpha value is 0.160. The van der Waals surface area contributed by atoms with Gasteiger partial charge in [0.05, 0.1) is 6.54 Å². The average Bonchev–Trinajstić information content (AvgIpc) is 2.29. The van der Waals surface area contributed by atoms with Crippen LogP contribution in [-0.2, 0) is 4.79 Å². The van der Waals surface area contributed by atoms with Crippen molar-refractivity contribution in [3.05, 3.63) is 0 Å². The van der Waals surface area contributed by atoms with E-state index in [1.165, 1.54) is 4.90 Å². The summed E-state index contributed by atoms with van der Waals surface area (Å²) in [6.45, 7) is -0.0729. The fourth-order valence-corrected chi connectivity index (χ4v) is 3.55. The minimum absolute atomic E-state index is 0.123. The van der Waals surface area contributed by atoms with E-state index in [1.54, 1.807) is 0 Å². The number of thioether (sulfide) groups is 1. The molecule has 0 aromatic heterocycles. The molecule has 2 nitrogen and oxygen atoms in total. The minimum atomic E-state index is -2.44. The smallest absolute Gasteiger partial charge is 0.255 e. The van der Waals surface area contributed by atoms with Gasteiger partial charge in [-0.15, -0.1) is 0 Å². The predicted molar refractivity (Wildman–Crippen MR) is 71.0 cm³/mol. The molecule has 1 aliphatic rings. The summed E-state index contributed by atoms with van der Waals surface area (Å²) in [4.78, 5) is 13.2. The third-order valence-electron chi connectivity index (χ3n) is 2.87. The van der Waals surface area contributed by atoms with Crippen LogP contribution in [0.3, 0.4) is 0 Å². The number of hydrogen-bond donors (Lipinski definition) is 0. The maximum atomic E-state index is 12.3. The lowest BCUT2D eigenvalue weighted by Crippen LogP contribution is -2.37. The van der Waals surface area contributed by atoms with Gasteiger partial charge < -0.3 is 4.90 Å². The van der Waals surface area contributed by atoms with Crippen molar-refractivity contribution in [2.45, 2.75) is 25.7 Å². The first-order valence-electron chi connectivity index (χ1n) is 5.83. The zero-order chi connectivity index (χ0) is 12.7. The molecular weight excluding hydrogens is 312 g/mol. The van der Waals surface area contributed by atoms with Crippen LogP contribution < -0.4 is 0 Å². The van der Waals surface area contributed by atoms with Gasteiger partial charge in [-0.2, -0.15) is 11.8 Å². The van der Waals surface area contributed by atoms with Crippen molar-refractivity contribution in [1.29, 1.82) is 0 Å². The van der Waals surface area contributed by atoms with E-state index in [4.69, 9.17) is 0 Å². The highest BCUT2D eigenvalue weighted by Gasteiger charge is 2.22. The molecule has 0 spiro atoms. The van der Waals surface area contributed by atoms with Crippen molar-refractivity contribution in [3.8, 4) is 0 Å². The second kappa shape index (κ2) is 8.29. The molecule has 0 N–H and O–H groups in total. The zero-order valence-electron chi connectivity index (χ0n) is 9.71. The van der Waals surface area contributed by atoms with Gasteiger partial charge in [0.15, 0.2) is 0 Å². The molecule has 0 atom stereocenters. The second-order valence-electron chi connectivity index (χ2n) is 4.18. The van der Waals surface area contributed by atoms with Gasteiger partial charge in [-0.3, -0.25) is 4.79 Å². The SMILES string of the molecule is O=C(CC1CCSCC1)N(CCBr)CC(F)F. The highest BCUT2D eigenvalue weighted by molar-refractivity contribution is 9.09. The highest BCUT2D eigenvalue weighted by Crippen LogP contribution is 2.25. The van der Waals surface area contributed by atoms with Gasteiger partial charge >= 0.3 is 0 Å². The van der Waals surface area contributed by atoms with E-state index >= 15 is 0 Å². The molecule has 1 heterocycles. The van der Waals surface area contributed by atoms with Crippen molar-refractivity contribution in [2.75, 3.05) is 29.9 Å². The Morgan fingerprint density at radius 3 is 2.59 bits per heavy atom. The second-order valence-corrected chi connectivity index (χ2v) is 6.20. The number of rotatable bonds is 6. The number of carbonyl (C=O) groups excluding carboxylic acids is 1. The number of halogens is 3. The molecule has 100 valence electrons. The van der Waals surface area contributed by atoms with E-state index in [2.05, 4.69) is 15.9 Å². The Morgan fingerprint density at radius 1 is 1.41 bits per heavy atom. The van der Waals surface area contributed by atoms with E-state index in [0.717, 1.165) is 24.3 Å². The molecule has 1 amide bonds. The number of alkyl halides is 3. The molecule has 0 saturated carbocycles. The first kappa shape index (κ1) is 15.2. The summed E-state index contributed by atoms with van der Waals surface area (Å²) in [5.41, 5.74) is 0. The van der Waals surface area contributed by atoms with Crippen molar-refractivity contribution in [2.24, 2.45) is 5.92 Å². The normalized spacial score (nSPS) is 17.4. The van der Waals surface area contributed by atoms with E-state index in [9.17, 15) is 13.6 Å². The molecule has 0 aromatic rings. The van der Waals surface area contributed by atoms with Crippen LogP contribution in [-0.4, -0.2) is 47.2 Å². The number of nitrogens with zero attached hydrogens (tertiary/aromatic N) is 1. The molecule has 0 aliphatic carbocycles. The largest absolute Gasteiger partial charge is 0.336 e. The third-order valence-corrected chi connectivity index (χ3v) is 4.27. The fourth-order valence-electron chi connectivity index (χ4n) is 1.91. The maximum absolute atomic E-state index is 12.3. The monoisotopic (exact) mass is 329 g/mol. The van der Waals surface area contributed by atoms with Crippen LogP contribution in [0.4, 0.5) is 8.78 Å². The Bertz CT molecular complexity index is 238. The zero-order valence-corrected chi connectivity index (χ0v) is 12.1. The van der Waals surface area contributed by atoms with Gasteiger partial charge in [0.25, 0.3) is 6.43 Å². The molecular formula is C11H18BrF2NOS. The van der Waals surface area contributed by atoms with E-state index in [0.29, 0.717) is 24.2 Å². The van der Waals surface area contributed by atoms with Gasteiger partial charge in [0, 0.05) is 18.3 Å². The first-order valence-corrected chi connectivity index (χ1v) is 8.10. The summed E-state index contributed by atoms with van der Waals surface area (Å²) in [6, 6.07) is 0. The van der Waals surface area contributed by atoms with E-state index in [1.807, 2.05) is 11.8 Å². The van der Waals surface area contributed by atoms with Crippen LogP contribution in [0, 0.1) is 5.92 Å². The Labute approximate surface area is 114 Å². The minimum Gasteiger partial charge on any atom is -0.336 e. The van der Waals surface area contributed by atoms with Crippen LogP contribution >= 0.6 is 27.7 Å². The predicted octanol–water partition coefficient (Wildman–Crippen LogP) is 3.01. The average molecular weight is 330 g/mol. The van der Waals surface area contributed by atoms with Gasteiger partial charge in [-0.05, 0) is 30.3 Å². The summed E-state index contributed by atoms with van der Waals surface area (Å²) >= 11 is 5.09. The topological polar surface area (TPSA) is 20.3 Å². The molecule has 0 radical (unpaired) electrons. The molecule has 1 aliphatic heterocycles. The van der Waals surface area contributed by atoms with Gasteiger partial charge in [-0.25, -0.2) is 8.78 Å². The number of carbonyl (C=O) groups is 1. The number of hydrogen-bond acceptors (Lipinski definition) is 2. The summed E-state index contributed by atoms with van der Waals surface area (Å²) in [7, 11) is 0. The van der Waals surface area contributed by atoms with Crippen molar-refractivity contribution in [1.82, 2.24) is 4.90 Å². The number of amides is 1. The van der Waals surface area contributed by atoms with Gasteiger partial charge in [0.1, 0.15) is 0 Å². The molecule has 6 heteroatoms. The van der Waals surface area contributed by atoms with Crippen LogP contribution in [0.2, 0.25) is 0 Å². The van der Waals surface area contributed by atoms with Crippen molar-refractivity contribution >= 4 is 33.6 Å².